The third-order valence-corrected chi connectivity index (χ3v) is 3.19. The summed E-state index contributed by atoms with van der Waals surface area (Å²) < 4.78 is 5.64. The Morgan fingerprint density at radius 3 is 2.80 bits per heavy atom. The zero-order chi connectivity index (χ0) is 10.7. The third kappa shape index (κ3) is 2.15. The normalized spacial score (nSPS) is 25.5. The van der Waals surface area contributed by atoms with Crippen LogP contribution in [0.4, 0.5) is 0 Å². The van der Waals surface area contributed by atoms with E-state index in [1.165, 1.54) is 18.4 Å². The van der Waals surface area contributed by atoms with E-state index in [4.69, 9.17) is 10.5 Å². The first-order chi connectivity index (χ1) is 7.33. The molecule has 0 aromatic heterocycles. The Bertz CT molecular complexity index is 324. The van der Waals surface area contributed by atoms with Crippen molar-refractivity contribution in [1.82, 2.24) is 0 Å². The van der Waals surface area contributed by atoms with Crippen molar-refractivity contribution < 1.29 is 4.74 Å². The summed E-state index contributed by atoms with van der Waals surface area (Å²) in [7, 11) is 0. The summed E-state index contributed by atoms with van der Waals surface area (Å²) in [5.41, 5.74) is 7.42. The second kappa shape index (κ2) is 4.67. The molecular weight excluding hydrogens is 186 g/mol. The van der Waals surface area contributed by atoms with E-state index in [1.54, 1.807) is 0 Å². The smallest absolute Gasteiger partial charge is 0.122 e. The Hall–Kier alpha value is -1.02. The largest absolute Gasteiger partial charge is 0.494 e. The van der Waals surface area contributed by atoms with Crippen molar-refractivity contribution in [3.05, 3.63) is 29.8 Å². The van der Waals surface area contributed by atoms with Gasteiger partial charge in [0.1, 0.15) is 5.75 Å². The molecule has 1 aromatic carbocycles. The van der Waals surface area contributed by atoms with Gasteiger partial charge in [0.2, 0.25) is 0 Å². The lowest BCUT2D eigenvalue weighted by Gasteiger charge is -2.19. The van der Waals surface area contributed by atoms with Gasteiger partial charge in [0.25, 0.3) is 0 Å². The lowest BCUT2D eigenvalue weighted by atomic mass is 9.94. The minimum atomic E-state index is 0.312. The molecule has 0 aliphatic heterocycles. The number of ether oxygens (including phenoxy) is 1. The Balaban J connectivity index is 2.25. The van der Waals surface area contributed by atoms with Crippen molar-refractivity contribution in [1.29, 1.82) is 0 Å². The molecule has 0 saturated heterocycles. The molecule has 2 N–H and O–H groups in total. The van der Waals surface area contributed by atoms with Crippen molar-refractivity contribution in [2.75, 3.05) is 6.61 Å². The van der Waals surface area contributed by atoms with Gasteiger partial charge < -0.3 is 10.5 Å². The number of benzene rings is 1. The molecule has 0 bridgehead atoms. The molecule has 2 atom stereocenters. The molecule has 2 unspecified atom stereocenters. The van der Waals surface area contributed by atoms with Gasteiger partial charge in [0.05, 0.1) is 6.61 Å². The minimum Gasteiger partial charge on any atom is -0.494 e. The molecule has 0 heterocycles. The molecule has 1 saturated carbocycles. The predicted molar refractivity (Wildman–Crippen MR) is 62.2 cm³/mol. The molecule has 0 radical (unpaired) electrons. The van der Waals surface area contributed by atoms with Crippen LogP contribution in [0.5, 0.6) is 5.75 Å². The third-order valence-electron chi connectivity index (χ3n) is 3.19. The monoisotopic (exact) mass is 205 g/mol. The van der Waals surface area contributed by atoms with Gasteiger partial charge in [-0.3, -0.25) is 0 Å². The van der Waals surface area contributed by atoms with E-state index >= 15 is 0 Å². The summed E-state index contributed by atoms with van der Waals surface area (Å²) in [4.78, 5) is 0. The van der Waals surface area contributed by atoms with Crippen molar-refractivity contribution in [2.45, 2.75) is 38.1 Å². The SMILES string of the molecule is CCOc1ccccc1C1CCCC1N. The summed E-state index contributed by atoms with van der Waals surface area (Å²) in [6, 6.07) is 8.61. The summed E-state index contributed by atoms with van der Waals surface area (Å²) >= 11 is 0. The van der Waals surface area contributed by atoms with Crippen molar-refractivity contribution >= 4 is 0 Å². The molecule has 2 nitrogen and oxygen atoms in total. The number of hydrogen-bond acceptors (Lipinski definition) is 2. The maximum Gasteiger partial charge on any atom is 0.122 e. The van der Waals surface area contributed by atoms with Crippen LogP contribution in [-0.4, -0.2) is 12.6 Å². The molecule has 0 spiro atoms. The topological polar surface area (TPSA) is 35.2 Å². The highest BCUT2D eigenvalue weighted by Crippen LogP contribution is 2.37. The number of nitrogens with two attached hydrogens (primary N) is 1. The van der Waals surface area contributed by atoms with E-state index in [9.17, 15) is 0 Å². The molecule has 1 aromatic rings. The van der Waals surface area contributed by atoms with Crippen LogP contribution in [-0.2, 0) is 0 Å². The average molecular weight is 205 g/mol. The first-order valence-electron chi connectivity index (χ1n) is 5.80. The van der Waals surface area contributed by atoms with Crippen LogP contribution in [0.1, 0.15) is 37.7 Å². The van der Waals surface area contributed by atoms with E-state index in [0.717, 1.165) is 18.8 Å². The summed E-state index contributed by atoms with van der Waals surface area (Å²) in [6.45, 7) is 2.74. The predicted octanol–water partition coefficient (Wildman–Crippen LogP) is 2.68. The van der Waals surface area contributed by atoms with E-state index in [-0.39, 0.29) is 0 Å². The van der Waals surface area contributed by atoms with Crippen LogP contribution in [0.25, 0.3) is 0 Å². The summed E-state index contributed by atoms with van der Waals surface area (Å²) in [5, 5.41) is 0. The Morgan fingerprint density at radius 2 is 2.13 bits per heavy atom. The van der Waals surface area contributed by atoms with Gasteiger partial charge in [0, 0.05) is 12.0 Å². The van der Waals surface area contributed by atoms with Crippen molar-refractivity contribution in [3.63, 3.8) is 0 Å². The van der Waals surface area contributed by atoms with E-state index in [2.05, 4.69) is 12.1 Å². The van der Waals surface area contributed by atoms with Crippen LogP contribution in [0, 0.1) is 0 Å². The highest BCUT2D eigenvalue weighted by atomic mass is 16.5. The zero-order valence-corrected chi connectivity index (χ0v) is 9.28. The van der Waals surface area contributed by atoms with Gasteiger partial charge in [-0.25, -0.2) is 0 Å². The van der Waals surface area contributed by atoms with Gasteiger partial charge in [-0.1, -0.05) is 24.6 Å². The van der Waals surface area contributed by atoms with Crippen LogP contribution >= 0.6 is 0 Å². The van der Waals surface area contributed by atoms with Crippen LogP contribution in [0.2, 0.25) is 0 Å². The molecule has 1 aliphatic carbocycles. The van der Waals surface area contributed by atoms with Gasteiger partial charge in [-0.05, 0) is 31.4 Å². The second-order valence-corrected chi connectivity index (χ2v) is 4.17. The summed E-state index contributed by atoms with van der Waals surface area (Å²) in [5.74, 6) is 1.51. The van der Waals surface area contributed by atoms with Crippen LogP contribution in [0.3, 0.4) is 0 Å². The Labute approximate surface area is 91.4 Å². The quantitative estimate of drug-likeness (QED) is 0.823. The van der Waals surface area contributed by atoms with Crippen molar-refractivity contribution in [3.8, 4) is 5.75 Å². The average Bonchev–Trinajstić information content (AvgIpc) is 2.66. The minimum absolute atomic E-state index is 0.312. The van der Waals surface area contributed by atoms with E-state index < -0.39 is 0 Å². The maximum absolute atomic E-state index is 6.12. The van der Waals surface area contributed by atoms with Crippen LogP contribution in [0.15, 0.2) is 24.3 Å². The lowest BCUT2D eigenvalue weighted by molar-refractivity contribution is 0.333. The number of hydrogen-bond donors (Lipinski definition) is 1. The van der Waals surface area contributed by atoms with Crippen molar-refractivity contribution in [2.24, 2.45) is 5.73 Å². The Kier molecular flexibility index (Phi) is 3.27. The standard InChI is InChI=1S/C13H19NO/c1-2-15-13-9-4-3-6-11(13)10-7-5-8-12(10)14/h3-4,6,9-10,12H,2,5,7-8,14H2,1H3. The van der Waals surface area contributed by atoms with Gasteiger partial charge in [0.15, 0.2) is 0 Å². The molecular formula is C13H19NO. The summed E-state index contributed by atoms with van der Waals surface area (Å²) in [6.07, 6.45) is 3.59. The fraction of sp³-hybridized carbons (Fsp3) is 0.538. The van der Waals surface area contributed by atoms with E-state index in [1.807, 2.05) is 19.1 Å². The number of para-hydroxylation sites is 1. The van der Waals surface area contributed by atoms with Gasteiger partial charge in [-0.2, -0.15) is 0 Å². The molecule has 82 valence electrons. The molecule has 2 heteroatoms. The molecule has 2 rings (SSSR count). The first-order valence-corrected chi connectivity index (χ1v) is 5.80. The lowest BCUT2D eigenvalue weighted by Crippen LogP contribution is -2.23. The van der Waals surface area contributed by atoms with Gasteiger partial charge in [-0.15, -0.1) is 0 Å². The fourth-order valence-electron chi connectivity index (χ4n) is 2.45. The molecule has 15 heavy (non-hydrogen) atoms. The Morgan fingerprint density at radius 1 is 1.33 bits per heavy atom. The highest BCUT2D eigenvalue weighted by Gasteiger charge is 2.27. The zero-order valence-electron chi connectivity index (χ0n) is 9.28. The second-order valence-electron chi connectivity index (χ2n) is 4.17. The molecule has 0 amide bonds. The fourth-order valence-corrected chi connectivity index (χ4v) is 2.45. The number of rotatable bonds is 3. The van der Waals surface area contributed by atoms with Gasteiger partial charge >= 0.3 is 0 Å². The maximum atomic E-state index is 6.12. The van der Waals surface area contributed by atoms with E-state index in [0.29, 0.717) is 12.0 Å². The van der Waals surface area contributed by atoms with Crippen LogP contribution < -0.4 is 10.5 Å². The molecule has 1 fully saturated rings. The first kappa shape index (κ1) is 10.5. The highest BCUT2D eigenvalue weighted by molar-refractivity contribution is 5.37. The molecule has 1 aliphatic rings.